The highest BCUT2D eigenvalue weighted by atomic mass is 19.1. The molecule has 2 aromatic heterocycles. The Balaban J connectivity index is 1.77. The minimum atomic E-state index is -0.295. The molecule has 0 fully saturated rings. The number of anilines is 1. The smallest absolute Gasteiger partial charge is 0.253 e. The molecule has 7 heteroatoms. The largest absolute Gasteiger partial charge is 0.367 e. The highest BCUT2D eigenvalue weighted by molar-refractivity contribution is 5.87. The number of aromatic nitrogens is 4. The Kier molecular flexibility index (Phi) is 4.43. The average Bonchev–Trinajstić information content (AvgIpc) is 3.09. The first-order valence-electron chi connectivity index (χ1n) is 9.02. The average molecular weight is 377 g/mol. The molecule has 6 nitrogen and oxygen atoms in total. The van der Waals surface area contributed by atoms with Crippen LogP contribution in [0.2, 0.25) is 0 Å². The molecule has 4 rings (SSSR count). The molecule has 1 unspecified atom stereocenters. The van der Waals surface area contributed by atoms with Crippen molar-refractivity contribution in [2.45, 2.75) is 19.9 Å². The lowest BCUT2D eigenvalue weighted by atomic mass is 9.96. The van der Waals surface area contributed by atoms with Gasteiger partial charge in [0, 0.05) is 16.6 Å². The summed E-state index contributed by atoms with van der Waals surface area (Å²) in [5.41, 5.74) is 7.34. The van der Waals surface area contributed by atoms with Gasteiger partial charge in [0.05, 0.1) is 6.04 Å². The van der Waals surface area contributed by atoms with Gasteiger partial charge in [-0.25, -0.2) is 14.1 Å². The summed E-state index contributed by atoms with van der Waals surface area (Å²) in [6.45, 7) is 4.00. The van der Waals surface area contributed by atoms with E-state index in [9.17, 15) is 9.18 Å². The number of aromatic amines is 1. The van der Waals surface area contributed by atoms with Gasteiger partial charge in [0.1, 0.15) is 12.1 Å². The lowest BCUT2D eigenvalue weighted by Gasteiger charge is -2.20. The van der Waals surface area contributed by atoms with Gasteiger partial charge in [0.25, 0.3) is 5.56 Å². The summed E-state index contributed by atoms with van der Waals surface area (Å²) < 4.78 is 15.7. The number of nitrogen functional groups attached to an aromatic ring is 1. The van der Waals surface area contributed by atoms with E-state index in [2.05, 4.69) is 15.1 Å². The number of halogens is 1. The van der Waals surface area contributed by atoms with Crippen LogP contribution in [0, 0.1) is 11.7 Å². The van der Waals surface area contributed by atoms with Gasteiger partial charge < -0.3 is 10.7 Å². The molecule has 0 saturated carbocycles. The number of nitrogens with zero attached hydrogens (tertiary/aromatic N) is 3. The normalized spacial score (nSPS) is 12.6. The molecule has 2 heterocycles. The molecule has 0 aliphatic rings. The summed E-state index contributed by atoms with van der Waals surface area (Å²) in [5, 5.41) is 5.49. The summed E-state index contributed by atoms with van der Waals surface area (Å²) in [6, 6.07) is 13.7. The predicted molar refractivity (Wildman–Crippen MR) is 107 cm³/mol. The van der Waals surface area contributed by atoms with Crippen molar-refractivity contribution < 1.29 is 4.39 Å². The molecule has 2 aromatic carbocycles. The van der Waals surface area contributed by atoms with Gasteiger partial charge >= 0.3 is 0 Å². The van der Waals surface area contributed by atoms with Crippen LogP contribution < -0.4 is 11.3 Å². The minimum absolute atomic E-state index is 0.0998. The first-order valence-corrected chi connectivity index (χ1v) is 9.02. The Bertz CT molecular complexity index is 1210. The van der Waals surface area contributed by atoms with E-state index in [-0.39, 0.29) is 29.3 Å². The van der Waals surface area contributed by atoms with E-state index in [1.54, 1.807) is 22.9 Å². The van der Waals surface area contributed by atoms with E-state index in [1.165, 1.54) is 12.4 Å². The number of benzene rings is 2. The SMILES string of the molecule is CC(C)C(c1ccc(-c2ccc3cccc(F)c3c2)[nH]c1=O)n1cnc(N)n1. The lowest BCUT2D eigenvalue weighted by Crippen LogP contribution is -2.25. The zero-order valence-corrected chi connectivity index (χ0v) is 15.6. The summed E-state index contributed by atoms with van der Waals surface area (Å²) in [4.78, 5) is 19.7. The molecule has 0 saturated heterocycles. The van der Waals surface area contributed by atoms with Crippen molar-refractivity contribution in [3.05, 3.63) is 76.6 Å². The van der Waals surface area contributed by atoms with Gasteiger partial charge in [-0.3, -0.25) is 4.79 Å². The van der Waals surface area contributed by atoms with E-state index in [1.807, 2.05) is 38.1 Å². The van der Waals surface area contributed by atoms with Crippen molar-refractivity contribution in [2.24, 2.45) is 5.92 Å². The molecule has 0 aliphatic heterocycles. The second-order valence-corrected chi connectivity index (χ2v) is 7.10. The van der Waals surface area contributed by atoms with Gasteiger partial charge in [-0.05, 0) is 41.1 Å². The van der Waals surface area contributed by atoms with Crippen LogP contribution in [0.1, 0.15) is 25.5 Å². The number of fused-ring (bicyclic) bond motifs is 1. The van der Waals surface area contributed by atoms with Gasteiger partial charge in [0.2, 0.25) is 5.95 Å². The van der Waals surface area contributed by atoms with E-state index < -0.39 is 0 Å². The van der Waals surface area contributed by atoms with Crippen LogP contribution in [0.5, 0.6) is 0 Å². The maximum Gasteiger partial charge on any atom is 0.253 e. The van der Waals surface area contributed by atoms with E-state index >= 15 is 0 Å². The number of rotatable bonds is 4. The lowest BCUT2D eigenvalue weighted by molar-refractivity contribution is 0.399. The first kappa shape index (κ1) is 17.9. The van der Waals surface area contributed by atoms with Gasteiger partial charge in [-0.1, -0.05) is 38.1 Å². The molecule has 0 bridgehead atoms. The van der Waals surface area contributed by atoms with E-state index in [0.29, 0.717) is 16.6 Å². The Morgan fingerprint density at radius 3 is 2.64 bits per heavy atom. The van der Waals surface area contributed by atoms with Crippen LogP contribution in [0.15, 0.2) is 59.7 Å². The number of nitrogens with one attached hydrogen (secondary N) is 1. The third kappa shape index (κ3) is 3.15. The van der Waals surface area contributed by atoms with Crippen LogP contribution in [-0.2, 0) is 0 Å². The van der Waals surface area contributed by atoms with Gasteiger partial charge in [-0.15, -0.1) is 5.10 Å². The molecule has 0 amide bonds. The maximum atomic E-state index is 14.1. The first-order chi connectivity index (χ1) is 13.4. The van der Waals surface area contributed by atoms with Crippen LogP contribution in [0.4, 0.5) is 10.3 Å². The third-order valence-electron chi connectivity index (χ3n) is 4.84. The Morgan fingerprint density at radius 1 is 1.14 bits per heavy atom. The van der Waals surface area contributed by atoms with E-state index in [0.717, 1.165) is 10.9 Å². The van der Waals surface area contributed by atoms with Crippen LogP contribution >= 0.6 is 0 Å². The standard InChI is InChI=1S/C21H20FN5O/c1-12(2)19(27-11-24-21(23)26-27)15-8-9-18(25-20(15)28)14-7-6-13-4-3-5-17(22)16(13)10-14/h3-12,19H,1-2H3,(H2,23,26)(H,25,28). The fourth-order valence-electron chi connectivity index (χ4n) is 3.52. The molecule has 0 spiro atoms. The molecule has 28 heavy (non-hydrogen) atoms. The fraction of sp³-hybridized carbons (Fsp3) is 0.190. The Morgan fingerprint density at radius 2 is 1.96 bits per heavy atom. The van der Waals surface area contributed by atoms with Crippen molar-refractivity contribution in [3.8, 4) is 11.3 Å². The third-order valence-corrected chi connectivity index (χ3v) is 4.84. The Hall–Kier alpha value is -3.48. The fourth-order valence-corrected chi connectivity index (χ4v) is 3.52. The molecular weight excluding hydrogens is 357 g/mol. The monoisotopic (exact) mass is 377 g/mol. The van der Waals surface area contributed by atoms with Crippen molar-refractivity contribution in [1.29, 1.82) is 0 Å². The molecule has 3 N–H and O–H groups in total. The van der Waals surface area contributed by atoms with E-state index in [4.69, 9.17) is 5.73 Å². The topological polar surface area (TPSA) is 89.6 Å². The molecule has 4 aromatic rings. The molecule has 142 valence electrons. The zero-order chi connectivity index (χ0) is 19.8. The highest BCUT2D eigenvalue weighted by Crippen LogP contribution is 2.27. The van der Waals surface area contributed by atoms with Crippen molar-refractivity contribution in [1.82, 2.24) is 19.7 Å². The summed E-state index contributed by atoms with van der Waals surface area (Å²) >= 11 is 0. The number of hydrogen-bond donors (Lipinski definition) is 2. The summed E-state index contributed by atoms with van der Waals surface area (Å²) in [7, 11) is 0. The second-order valence-electron chi connectivity index (χ2n) is 7.10. The molecule has 0 radical (unpaired) electrons. The number of hydrogen-bond acceptors (Lipinski definition) is 4. The number of pyridine rings is 1. The number of H-pyrrole nitrogens is 1. The number of nitrogens with two attached hydrogens (primary N) is 1. The van der Waals surface area contributed by atoms with Crippen LogP contribution in [-0.4, -0.2) is 19.7 Å². The zero-order valence-electron chi connectivity index (χ0n) is 15.6. The van der Waals surface area contributed by atoms with Crippen LogP contribution in [0.3, 0.4) is 0 Å². The van der Waals surface area contributed by atoms with Crippen molar-refractivity contribution in [2.75, 3.05) is 5.73 Å². The highest BCUT2D eigenvalue weighted by Gasteiger charge is 2.22. The summed E-state index contributed by atoms with van der Waals surface area (Å²) in [5.74, 6) is -0.0262. The van der Waals surface area contributed by atoms with Crippen LogP contribution in [0.25, 0.3) is 22.0 Å². The Labute approximate surface area is 160 Å². The molecule has 1 atom stereocenters. The van der Waals surface area contributed by atoms with Crippen molar-refractivity contribution in [3.63, 3.8) is 0 Å². The van der Waals surface area contributed by atoms with Gasteiger partial charge in [-0.2, -0.15) is 0 Å². The van der Waals surface area contributed by atoms with Crippen molar-refractivity contribution >= 4 is 16.7 Å². The molecular formula is C21H20FN5O. The minimum Gasteiger partial charge on any atom is -0.367 e. The molecule has 0 aliphatic carbocycles. The summed E-state index contributed by atoms with van der Waals surface area (Å²) in [6.07, 6.45) is 1.53. The van der Waals surface area contributed by atoms with Gasteiger partial charge in [0.15, 0.2) is 0 Å². The second kappa shape index (κ2) is 6.92. The quantitative estimate of drug-likeness (QED) is 0.567. The maximum absolute atomic E-state index is 14.1. The predicted octanol–water partition coefficient (Wildman–Crippen LogP) is 3.75.